The molecule has 2 aliphatic heterocycles. The third kappa shape index (κ3) is 4.03. The minimum atomic E-state index is -3.70. The van der Waals surface area contributed by atoms with Crippen LogP contribution in [0.3, 0.4) is 0 Å². The van der Waals surface area contributed by atoms with Crippen LogP contribution in [0.1, 0.15) is 5.56 Å². The maximum atomic E-state index is 13.0. The normalized spacial score (nSPS) is 18.4. The Balaban J connectivity index is 1.46. The van der Waals surface area contributed by atoms with Crippen LogP contribution in [0, 0.1) is 11.3 Å². The molecule has 0 unspecified atom stereocenters. The predicted octanol–water partition coefficient (Wildman–Crippen LogP) is 0.696. The summed E-state index contributed by atoms with van der Waals surface area (Å²) in [4.78, 5) is 4.32. The molecule has 0 atom stereocenters. The third-order valence-electron chi connectivity index (χ3n) is 5.19. The van der Waals surface area contributed by atoms with E-state index in [2.05, 4.69) is 20.0 Å². The number of nitrogens with zero attached hydrogens (tertiary/aromatic N) is 6. The standard InChI is InChI=1S/C19H22N6O3S/c20-14-16-3-1-2-4-18(16)29(26,27)25-7-5-23(6-8-25)17-13-19(22-21-15-17)24-9-11-28-12-10-24/h1-4,13,15H,5-12H2. The lowest BCUT2D eigenvalue weighted by Gasteiger charge is -2.35. The zero-order valence-corrected chi connectivity index (χ0v) is 16.8. The summed E-state index contributed by atoms with van der Waals surface area (Å²) in [5.41, 5.74) is 1.10. The van der Waals surface area contributed by atoms with Crippen LogP contribution in [-0.2, 0) is 14.8 Å². The Morgan fingerprint density at radius 2 is 1.72 bits per heavy atom. The number of benzene rings is 1. The molecule has 0 N–H and O–H groups in total. The van der Waals surface area contributed by atoms with Gasteiger partial charge in [0.25, 0.3) is 0 Å². The third-order valence-corrected chi connectivity index (χ3v) is 7.15. The number of anilines is 2. The van der Waals surface area contributed by atoms with E-state index in [9.17, 15) is 13.7 Å². The van der Waals surface area contributed by atoms with Gasteiger partial charge in [-0.15, -0.1) is 5.10 Å². The lowest BCUT2D eigenvalue weighted by molar-refractivity contribution is 0.122. The summed E-state index contributed by atoms with van der Waals surface area (Å²) >= 11 is 0. The van der Waals surface area contributed by atoms with Crippen LogP contribution in [0.2, 0.25) is 0 Å². The van der Waals surface area contributed by atoms with Crippen LogP contribution in [-0.4, -0.2) is 75.4 Å². The first-order chi connectivity index (χ1) is 14.1. The summed E-state index contributed by atoms with van der Waals surface area (Å²) in [7, 11) is -3.70. The quantitative estimate of drug-likeness (QED) is 0.720. The van der Waals surface area contributed by atoms with E-state index in [0.29, 0.717) is 39.4 Å². The molecular formula is C19H22N6O3S. The monoisotopic (exact) mass is 414 g/mol. The predicted molar refractivity (Wildman–Crippen MR) is 107 cm³/mol. The Bertz CT molecular complexity index is 1010. The van der Waals surface area contributed by atoms with Gasteiger partial charge in [-0.1, -0.05) is 12.1 Å². The first-order valence-corrected chi connectivity index (χ1v) is 10.9. The second kappa shape index (κ2) is 8.32. The highest BCUT2D eigenvalue weighted by Crippen LogP contribution is 2.24. The molecule has 0 aliphatic carbocycles. The largest absolute Gasteiger partial charge is 0.378 e. The van der Waals surface area contributed by atoms with Gasteiger partial charge in [0, 0.05) is 45.3 Å². The highest BCUT2D eigenvalue weighted by molar-refractivity contribution is 7.89. The molecule has 9 nitrogen and oxygen atoms in total. The first-order valence-electron chi connectivity index (χ1n) is 9.49. The zero-order valence-electron chi connectivity index (χ0n) is 15.9. The van der Waals surface area contributed by atoms with Crippen molar-refractivity contribution in [2.45, 2.75) is 4.90 Å². The minimum absolute atomic E-state index is 0.0659. The molecule has 1 aromatic carbocycles. The molecule has 0 amide bonds. The van der Waals surface area contributed by atoms with Crippen molar-refractivity contribution in [3.63, 3.8) is 0 Å². The van der Waals surface area contributed by atoms with E-state index in [1.54, 1.807) is 18.3 Å². The highest BCUT2D eigenvalue weighted by atomic mass is 32.2. The summed E-state index contributed by atoms with van der Waals surface area (Å²) in [5.74, 6) is 0.809. The van der Waals surface area contributed by atoms with Crippen molar-refractivity contribution in [3.8, 4) is 6.07 Å². The van der Waals surface area contributed by atoms with E-state index >= 15 is 0 Å². The van der Waals surface area contributed by atoms with Crippen molar-refractivity contribution in [1.29, 1.82) is 5.26 Å². The van der Waals surface area contributed by atoms with E-state index in [0.717, 1.165) is 24.6 Å². The van der Waals surface area contributed by atoms with E-state index in [4.69, 9.17) is 4.74 Å². The number of morpholine rings is 1. The summed E-state index contributed by atoms with van der Waals surface area (Å²) in [6.45, 7) is 4.68. The average molecular weight is 414 g/mol. The molecule has 2 fully saturated rings. The Kier molecular flexibility index (Phi) is 5.62. The maximum absolute atomic E-state index is 13.0. The second-order valence-electron chi connectivity index (χ2n) is 6.87. The van der Waals surface area contributed by atoms with E-state index in [1.807, 2.05) is 12.1 Å². The number of rotatable bonds is 4. The summed E-state index contributed by atoms with van der Waals surface area (Å²) < 4.78 is 32.8. The van der Waals surface area contributed by atoms with E-state index in [-0.39, 0.29) is 10.5 Å². The minimum Gasteiger partial charge on any atom is -0.378 e. The van der Waals surface area contributed by atoms with Gasteiger partial charge in [0.15, 0.2) is 5.82 Å². The zero-order chi connectivity index (χ0) is 20.3. The Hall–Kier alpha value is -2.74. The molecule has 2 saturated heterocycles. The SMILES string of the molecule is N#Cc1ccccc1S(=O)(=O)N1CCN(c2cnnc(N3CCOCC3)c2)CC1. The Morgan fingerprint density at radius 1 is 1.00 bits per heavy atom. The van der Waals surface area contributed by atoms with Crippen LogP contribution in [0.4, 0.5) is 11.5 Å². The van der Waals surface area contributed by atoms with Gasteiger partial charge in [-0.2, -0.15) is 14.7 Å². The summed E-state index contributed by atoms with van der Waals surface area (Å²) in [6.07, 6.45) is 1.71. The van der Waals surface area contributed by atoms with Crippen molar-refractivity contribution in [3.05, 3.63) is 42.1 Å². The average Bonchev–Trinajstić information content (AvgIpc) is 2.80. The van der Waals surface area contributed by atoms with Gasteiger partial charge in [-0.25, -0.2) is 8.42 Å². The van der Waals surface area contributed by atoms with Crippen LogP contribution in [0.15, 0.2) is 41.4 Å². The molecule has 152 valence electrons. The van der Waals surface area contributed by atoms with Crippen LogP contribution < -0.4 is 9.80 Å². The molecule has 2 aliphatic rings. The molecule has 4 rings (SSSR count). The van der Waals surface area contributed by atoms with E-state index in [1.165, 1.54) is 16.4 Å². The number of hydrogen-bond donors (Lipinski definition) is 0. The molecule has 10 heteroatoms. The lowest BCUT2D eigenvalue weighted by Crippen LogP contribution is -2.49. The van der Waals surface area contributed by atoms with E-state index < -0.39 is 10.0 Å². The van der Waals surface area contributed by atoms with Gasteiger partial charge in [-0.3, -0.25) is 0 Å². The molecule has 3 heterocycles. The molecule has 0 saturated carbocycles. The van der Waals surface area contributed by atoms with Crippen molar-refractivity contribution >= 4 is 21.5 Å². The fraction of sp³-hybridized carbons (Fsp3) is 0.421. The molecule has 1 aromatic heterocycles. The van der Waals surface area contributed by atoms with Crippen molar-refractivity contribution in [1.82, 2.24) is 14.5 Å². The smallest absolute Gasteiger partial charge is 0.244 e. The van der Waals surface area contributed by atoms with Gasteiger partial charge in [0.1, 0.15) is 6.07 Å². The molecule has 0 spiro atoms. The van der Waals surface area contributed by atoms with Gasteiger partial charge in [0.2, 0.25) is 10.0 Å². The Morgan fingerprint density at radius 3 is 2.45 bits per heavy atom. The fourth-order valence-corrected chi connectivity index (χ4v) is 5.14. The van der Waals surface area contributed by atoms with Crippen molar-refractivity contribution in [2.75, 3.05) is 62.3 Å². The number of nitriles is 1. The second-order valence-corrected chi connectivity index (χ2v) is 8.78. The summed E-state index contributed by atoms with van der Waals surface area (Å²) in [5, 5.41) is 17.6. The fourth-order valence-electron chi connectivity index (χ4n) is 3.58. The number of ether oxygens (including phenoxy) is 1. The number of piperazine rings is 1. The number of aromatic nitrogens is 2. The number of sulfonamides is 1. The highest BCUT2D eigenvalue weighted by Gasteiger charge is 2.30. The number of hydrogen-bond acceptors (Lipinski definition) is 8. The molecular weight excluding hydrogens is 392 g/mol. The molecule has 0 bridgehead atoms. The van der Waals surface area contributed by atoms with Crippen LogP contribution in [0.5, 0.6) is 0 Å². The van der Waals surface area contributed by atoms with Crippen LogP contribution >= 0.6 is 0 Å². The van der Waals surface area contributed by atoms with Gasteiger partial charge < -0.3 is 14.5 Å². The van der Waals surface area contributed by atoms with Crippen molar-refractivity contribution in [2.24, 2.45) is 0 Å². The molecule has 29 heavy (non-hydrogen) atoms. The van der Waals surface area contributed by atoms with Crippen molar-refractivity contribution < 1.29 is 13.2 Å². The maximum Gasteiger partial charge on any atom is 0.244 e. The summed E-state index contributed by atoms with van der Waals surface area (Å²) in [6, 6.07) is 10.3. The Labute approximate surface area is 170 Å². The van der Waals surface area contributed by atoms with Gasteiger partial charge >= 0.3 is 0 Å². The molecule has 2 aromatic rings. The van der Waals surface area contributed by atoms with Gasteiger partial charge in [0.05, 0.1) is 35.6 Å². The first kappa shape index (κ1) is 19.6. The van der Waals surface area contributed by atoms with Gasteiger partial charge in [-0.05, 0) is 12.1 Å². The molecule has 0 radical (unpaired) electrons. The topological polar surface area (TPSA) is 103 Å². The van der Waals surface area contributed by atoms with Crippen LogP contribution in [0.25, 0.3) is 0 Å². The lowest BCUT2D eigenvalue weighted by atomic mass is 10.2.